The van der Waals surface area contributed by atoms with Crippen molar-refractivity contribution in [2.75, 3.05) is 19.8 Å². The van der Waals surface area contributed by atoms with Gasteiger partial charge in [0.25, 0.3) is 0 Å². The molecule has 0 amide bonds. The molecule has 0 saturated carbocycles. The van der Waals surface area contributed by atoms with Crippen LogP contribution in [0.2, 0.25) is 0 Å². The molecule has 0 unspecified atom stereocenters. The number of hydrogen-bond acceptors (Lipinski definition) is 3. The van der Waals surface area contributed by atoms with E-state index in [1.807, 2.05) is 31.2 Å². The average Bonchev–Trinajstić information content (AvgIpc) is 2.18. The molecular weight excluding hydrogens is 190 g/mol. The predicted molar refractivity (Wildman–Crippen MR) is 55.7 cm³/mol. The van der Waals surface area contributed by atoms with Crippen LogP contribution in [0.3, 0.4) is 0 Å². The monoisotopic (exact) mass is 203 g/mol. The van der Waals surface area contributed by atoms with Crippen molar-refractivity contribution in [1.29, 1.82) is 5.26 Å². The van der Waals surface area contributed by atoms with Crippen LogP contribution in [0.5, 0.6) is 5.75 Å². The quantitative estimate of drug-likeness (QED) is 0.753. The van der Waals surface area contributed by atoms with Gasteiger partial charge in [-0.05, 0) is 24.6 Å². The summed E-state index contributed by atoms with van der Waals surface area (Å²) in [5.74, 6) is 0.816. The molecule has 0 N–H and O–H groups in total. The van der Waals surface area contributed by atoms with Gasteiger partial charge in [0.05, 0.1) is 25.9 Å². The van der Waals surface area contributed by atoms with E-state index in [0.29, 0.717) is 19.8 Å². The van der Waals surface area contributed by atoms with Gasteiger partial charge in [0, 0.05) is 0 Å². The maximum atomic E-state index is 9.14. The third-order valence-electron chi connectivity index (χ3n) is 2.61. The highest BCUT2D eigenvalue weighted by molar-refractivity contribution is 5.40. The zero-order valence-corrected chi connectivity index (χ0v) is 8.69. The zero-order valence-electron chi connectivity index (χ0n) is 8.69. The lowest BCUT2D eigenvalue weighted by Gasteiger charge is -2.35. The lowest BCUT2D eigenvalue weighted by molar-refractivity contribution is -0.0298. The molecule has 0 radical (unpaired) electrons. The average molecular weight is 203 g/mol. The molecule has 0 spiro atoms. The van der Waals surface area contributed by atoms with E-state index in [2.05, 4.69) is 6.07 Å². The molecule has 0 atom stereocenters. The second kappa shape index (κ2) is 3.92. The van der Waals surface area contributed by atoms with Gasteiger partial charge in [-0.3, -0.25) is 0 Å². The second-order valence-electron chi connectivity index (χ2n) is 3.65. The van der Waals surface area contributed by atoms with Crippen molar-refractivity contribution in [3.8, 4) is 11.8 Å². The number of ether oxygens (including phenoxy) is 2. The molecule has 1 aromatic rings. The Morgan fingerprint density at radius 2 is 2.33 bits per heavy atom. The van der Waals surface area contributed by atoms with Gasteiger partial charge in [0.2, 0.25) is 0 Å². The highest BCUT2D eigenvalue weighted by Crippen LogP contribution is 2.33. The number of hydrogen-bond donors (Lipinski definition) is 0. The maximum Gasteiger partial charge on any atom is 0.129 e. The van der Waals surface area contributed by atoms with Crippen molar-refractivity contribution in [3.05, 3.63) is 29.8 Å². The van der Waals surface area contributed by atoms with Gasteiger partial charge < -0.3 is 9.47 Å². The van der Waals surface area contributed by atoms with E-state index in [-0.39, 0.29) is 0 Å². The highest BCUT2D eigenvalue weighted by atomic mass is 16.5. The predicted octanol–water partition coefficient (Wildman–Crippen LogP) is 1.88. The Morgan fingerprint density at radius 1 is 1.53 bits per heavy atom. The van der Waals surface area contributed by atoms with Crippen LogP contribution in [0.4, 0.5) is 0 Å². The summed E-state index contributed by atoms with van der Waals surface area (Å²) >= 11 is 0. The first-order chi connectivity index (χ1) is 7.30. The largest absolute Gasteiger partial charge is 0.494 e. The van der Waals surface area contributed by atoms with Crippen LogP contribution in [0.25, 0.3) is 0 Å². The van der Waals surface area contributed by atoms with E-state index < -0.39 is 5.41 Å². The van der Waals surface area contributed by atoms with Gasteiger partial charge in [-0.2, -0.15) is 5.26 Å². The fourth-order valence-electron chi connectivity index (χ4n) is 1.65. The van der Waals surface area contributed by atoms with E-state index in [4.69, 9.17) is 14.7 Å². The zero-order chi connectivity index (χ0) is 10.7. The third-order valence-corrected chi connectivity index (χ3v) is 2.61. The van der Waals surface area contributed by atoms with E-state index in [1.165, 1.54) is 0 Å². The molecule has 3 nitrogen and oxygen atoms in total. The van der Waals surface area contributed by atoms with Crippen LogP contribution < -0.4 is 4.74 Å². The van der Waals surface area contributed by atoms with E-state index in [0.717, 1.165) is 11.3 Å². The second-order valence-corrected chi connectivity index (χ2v) is 3.65. The summed E-state index contributed by atoms with van der Waals surface area (Å²) in [5.41, 5.74) is 0.537. The minimum Gasteiger partial charge on any atom is -0.494 e. The molecule has 1 aromatic carbocycles. The smallest absolute Gasteiger partial charge is 0.129 e. The van der Waals surface area contributed by atoms with Crippen molar-refractivity contribution < 1.29 is 9.47 Å². The van der Waals surface area contributed by atoms with Crippen molar-refractivity contribution in [3.63, 3.8) is 0 Å². The molecule has 78 valence electrons. The molecule has 2 rings (SSSR count). The van der Waals surface area contributed by atoms with Crippen LogP contribution >= 0.6 is 0 Å². The first-order valence-electron chi connectivity index (χ1n) is 5.03. The summed E-state index contributed by atoms with van der Waals surface area (Å²) < 4.78 is 10.5. The minimum atomic E-state index is -0.451. The van der Waals surface area contributed by atoms with Crippen LogP contribution in [-0.2, 0) is 10.2 Å². The van der Waals surface area contributed by atoms with E-state index in [1.54, 1.807) is 0 Å². The summed E-state index contributed by atoms with van der Waals surface area (Å²) in [6, 6.07) is 10.0. The standard InChI is InChI=1S/C12H13NO2/c1-2-15-11-5-3-4-10(6-11)12(7-13)8-14-9-12/h3-6H,2,8-9H2,1H3. The van der Waals surface area contributed by atoms with Gasteiger partial charge in [-0.15, -0.1) is 0 Å². The third kappa shape index (κ3) is 1.69. The van der Waals surface area contributed by atoms with E-state index >= 15 is 0 Å². The molecule has 1 aliphatic heterocycles. The van der Waals surface area contributed by atoms with Crippen LogP contribution in [0.1, 0.15) is 12.5 Å². The number of nitriles is 1. The van der Waals surface area contributed by atoms with Gasteiger partial charge in [-0.1, -0.05) is 12.1 Å². The SMILES string of the molecule is CCOc1cccc(C2(C#N)COC2)c1. The Balaban J connectivity index is 2.28. The Bertz CT molecular complexity index is 391. The summed E-state index contributed by atoms with van der Waals surface area (Å²) in [7, 11) is 0. The normalized spacial score (nSPS) is 17.6. The highest BCUT2D eigenvalue weighted by Gasteiger charge is 2.40. The van der Waals surface area contributed by atoms with Gasteiger partial charge in [0.1, 0.15) is 11.2 Å². The van der Waals surface area contributed by atoms with Crippen LogP contribution in [0.15, 0.2) is 24.3 Å². The molecule has 3 heteroatoms. The Labute approximate surface area is 89.2 Å². The summed E-state index contributed by atoms with van der Waals surface area (Å²) in [6.45, 7) is 3.55. The first kappa shape index (κ1) is 10.0. The summed E-state index contributed by atoms with van der Waals surface area (Å²) in [6.07, 6.45) is 0. The summed E-state index contributed by atoms with van der Waals surface area (Å²) in [5, 5.41) is 9.14. The maximum absolute atomic E-state index is 9.14. The molecule has 15 heavy (non-hydrogen) atoms. The van der Waals surface area contributed by atoms with Crippen molar-refractivity contribution >= 4 is 0 Å². The van der Waals surface area contributed by atoms with Crippen molar-refractivity contribution in [2.45, 2.75) is 12.3 Å². The molecule has 1 aliphatic rings. The Morgan fingerprint density at radius 3 is 2.87 bits per heavy atom. The molecule has 0 aromatic heterocycles. The number of rotatable bonds is 3. The number of nitrogens with zero attached hydrogens (tertiary/aromatic N) is 1. The van der Waals surface area contributed by atoms with Gasteiger partial charge in [0.15, 0.2) is 0 Å². The first-order valence-corrected chi connectivity index (χ1v) is 5.03. The summed E-state index contributed by atoms with van der Waals surface area (Å²) in [4.78, 5) is 0. The molecular formula is C12H13NO2. The van der Waals surface area contributed by atoms with Crippen LogP contribution in [-0.4, -0.2) is 19.8 Å². The molecule has 0 bridgehead atoms. The van der Waals surface area contributed by atoms with Gasteiger partial charge >= 0.3 is 0 Å². The van der Waals surface area contributed by atoms with Crippen LogP contribution in [0, 0.1) is 11.3 Å². The van der Waals surface area contributed by atoms with Crippen molar-refractivity contribution in [1.82, 2.24) is 0 Å². The number of benzene rings is 1. The van der Waals surface area contributed by atoms with E-state index in [9.17, 15) is 0 Å². The lowest BCUT2D eigenvalue weighted by Crippen LogP contribution is -2.45. The van der Waals surface area contributed by atoms with Gasteiger partial charge in [-0.25, -0.2) is 0 Å². The van der Waals surface area contributed by atoms with Crippen molar-refractivity contribution in [2.24, 2.45) is 0 Å². The fourth-order valence-corrected chi connectivity index (χ4v) is 1.65. The Kier molecular flexibility index (Phi) is 2.61. The molecule has 0 aliphatic carbocycles. The Hall–Kier alpha value is -1.53. The lowest BCUT2D eigenvalue weighted by atomic mass is 9.80. The minimum absolute atomic E-state index is 0.451. The molecule has 1 fully saturated rings. The topological polar surface area (TPSA) is 42.2 Å². The fraction of sp³-hybridized carbons (Fsp3) is 0.417. The molecule has 1 heterocycles. The molecule has 1 saturated heterocycles.